The Morgan fingerprint density at radius 3 is 3.00 bits per heavy atom. The number of carbonyl (C=O) groups is 1. The first-order valence-corrected chi connectivity index (χ1v) is 11.2. The summed E-state index contributed by atoms with van der Waals surface area (Å²) in [5, 5.41) is 1.29. The van der Waals surface area contributed by atoms with E-state index in [-0.39, 0.29) is 23.3 Å². The number of nitrogens with zero attached hydrogens (tertiary/aromatic N) is 4. The van der Waals surface area contributed by atoms with E-state index in [1.807, 2.05) is 11.0 Å². The molecule has 6 rings (SSSR count). The number of oxazole rings is 1. The summed E-state index contributed by atoms with van der Waals surface area (Å²) in [6, 6.07) is 3.86. The Labute approximate surface area is 189 Å². The molecule has 2 fully saturated rings. The van der Waals surface area contributed by atoms with E-state index in [0.29, 0.717) is 34.2 Å². The van der Waals surface area contributed by atoms with Crippen molar-refractivity contribution in [1.82, 2.24) is 14.9 Å². The molecule has 2 atom stereocenters. The average Bonchev–Trinajstić information content (AvgIpc) is 3.06. The van der Waals surface area contributed by atoms with Gasteiger partial charge in [-0.15, -0.1) is 0 Å². The van der Waals surface area contributed by atoms with Crippen LogP contribution < -0.4 is 10.6 Å². The van der Waals surface area contributed by atoms with Crippen molar-refractivity contribution in [1.29, 1.82) is 0 Å². The van der Waals surface area contributed by atoms with Crippen molar-refractivity contribution >= 4 is 51.9 Å². The Hall–Kier alpha value is -2.51. The minimum atomic E-state index is 0.0227. The molecule has 1 saturated carbocycles. The molecule has 2 aliphatic heterocycles. The van der Waals surface area contributed by atoms with Gasteiger partial charge in [0.25, 0.3) is 6.01 Å². The molecule has 1 spiro atoms. The van der Waals surface area contributed by atoms with Crippen molar-refractivity contribution in [3.05, 3.63) is 45.7 Å². The highest BCUT2D eigenvalue weighted by molar-refractivity contribution is 6.35. The largest absolute Gasteiger partial charge is 0.421 e. The van der Waals surface area contributed by atoms with Gasteiger partial charge in [-0.05, 0) is 42.5 Å². The van der Waals surface area contributed by atoms with Gasteiger partial charge < -0.3 is 20.0 Å². The molecule has 2 unspecified atom stereocenters. The number of nitrogen functional groups attached to an aromatic ring is 1. The summed E-state index contributed by atoms with van der Waals surface area (Å²) in [4.78, 5) is 26.0. The second-order valence-corrected chi connectivity index (χ2v) is 9.73. The van der Waals surface area contributed by atoms with Gasteiger partial charge in [0, 0.05) is 47.6 Å². The summed E-state index contributed by atoms with van der Waals surface area (Å²) < 4.78 is 5.61. The minimum absolute atomic E-state index is 0.0227. The van der Waals surface area contributed by atoms with Crippen LogP contribution >= 0.6 is 23.2 Å². The van der Waals surface area contributed by atoms with Crippen LogP contribution in [0.2, 0.25) is 10.0 Å². The van der Waals surface area contributed by atoms with Crippen molar-refractivity contribution in [2.75, 3.05) is 30.3 Å². The maximum absolute atomic E-state index is 13.3. The van der Waals surface area contributed by atoms with E-state index in [2.05, 4.69) is 14.9 Å². The Kier molecular flexibility index (Phi) is 4.17. The van der Waals surface area contributed by atoms with Crippen molar-refractivity contribution in [2.45, 2.75) is 25.8 Å². The van der Waals surface area contributed by atoms with Crippen LogP contribution in [0.15, 0.2) is 28.9 Å². The Bertz CT molecular complexity index is 1230. The normalized spacial score (nSPS) is 24.8. The number of fused-ring (bicyclic) bond motifs is 2. The Morgan fingerprint density at radius 2 is 2.13 bits per heavy atom. The van der Waals surface area contributed by atoms with Gasteiger partial charge in [-0.3, -0.25) is 9.78 Å². The highest BCUT2D eigenvalue weighted by Crippen LogP contribution is 2.60. The third kappa shape index (κ3) is 3.05. The molecular formula is C22H21Cl2N5O2. The fourth-order valence-corrected chi connectivity index (χ4v) is 5.92. The van der Waals surface area contributed by atoms with Crippen LogP contribution in [0.1, 0.15) is 24.0 Å². The maximum Gasteiger partial charge on any atom is 0.293 e. The van der Waals surface area contributed by atoms with Gasteiger partial charge >= 0.3 is 0 Å². The molecule has 2 N–H and O–H groups in total. The van der Waals surface area contributed by atoms with Gasteiger partial charge in [-0.1, -0.05) is 23.2 Å². The van der Waals surface area contributed by atoms with E-state index in [9.17, 15) is 4.79 Å². The number of hydrogen-bond donors (Lipinski definition) is 1. The predicted molar refractivity (Wildman–Crippen MR) is 119 cm³/mol. The van der Waals surface area contributed by atoms with Gasteiger partial charge in [-0.25, -0.2) is 0 Å². The van der Waals surface area contributed by atoms with E-state index < -0.39 is 0 Å². The third-order valence-electron chi connectivity index (χ3n) is 7.07. The fraction of sp³-hybridized carbons (Fsp3) is 0.409. The molecule has 7 nitrogen and oxygen atoms in total. The number of pyridine rings is 1. The molecule has 1 saturated heterocycles. The van der Waals surface area contributed by atoms with Crippen molar-refractivity contribution in [2.24, 2.45) is 11.3 Å². The summed E-state index contributed by atoms with van der Waals surface area (Å²) >= 11 is 12.5. The number of halogens is 2. The van der Waals surface area contributed by atoms with Crippen LogP contribution in [0.25, 0.3) is 11.1 Å². The number of amides is 1. The van der Waals surface area contributed by atoms with Crippen molar-refractivity contribution in [3.63, 3.8) is 0 Å². The number of hydrogen-bond acceptors (Lipinski definition) is 6. The summed E-state index contributed by atoms with van der Waals surface area (Å²) in [7, 11) is 0. The van der Waals surface area contributed by atoms with Crippen LogP contribution in [-0.2, 0) is 17.8 Å². The zero-order valence-corrected chi connectivity index (χ0v) is 18.3. The van der Waals surface area contributed by atoms with Gasteiger partial charge in [0.2, 0.25) is 5.91 Å². The molecule has 4 heterocycles. The lowest BCUT2D eigenvalue weighted by molar-refractivity contribution is -0.134. The summed E-state index contributed by atoms with van der Waals surface area (Å²) in [6.07, 6.45) is 6.13. The molecule has 31 heavy (non-hydrogen) atoms. The first-order chi connectivity index (χ1) is 14.9. The zero-order chi connectivity index (χ0) is 21.3. The average molecular weight is 458 g/mol. The lowest BCUT2D eigenvalue weighted by atomic mass is 9.98. The first-order valence-electron chi connectivity index (χ1n) is 10.4. The van der Waals surface area contributed by atoms with Crippen LogP contribution in [0.3, 0.4) is 0 Å². The molecule has 3 aliphatic rings. The third-order valence-corrected chi connectivity index (χ3v) is 7.63. The minimum Gasteiger partial charge on any atom is -0.421 e. The fourth-order valence-electron chi connectivity index (χ4n) is 5.32. The number of benzene rings is 1. The molecular weight excluding hydrogens is 437 g/mol. The standard InChI is InChI=1S/C22H21Cl2N5O2/c23-13-5-12-1-3-28(10-14(12)16(24)6-13)20(30)15-7-22(15)2-4-29(11-22)18-9-26-8-17-19(18)31-21(25)27-17/h5-6,8-9,15H,1-4,7,10-11H2,(H2,25,27). The van der Waals surface area contributed by atoms with E-state index in [0.717, 1.165) is 49.2 Å². The van der Waals surface area contributed by atoms with Crippen LogP contribution in [0.4, 0.5) is 11.7 Å². The summed E-state index contributed by atoms with van der Waals surface area (Å²) in [5.41, 5.74) is 10.1. The van der Waals surface area contributed by atoms with Gasteiger partial charge in [-0.2, -0.15) is 4.98 Å². The molecule has 2 aromatic heterocycles. The lowest BCUT2D eigenvalue weighted by Gasteiger charge is -2.30. The summed E-state index contributed by atoms with van der Waals surface area (Å²) in [5.74, 6) is 0.288. The van der Waals surface area contributed by atoms with Crippen LogP contribution in [0, 0.1) is 11.3 Å². The smallest absolute Gasteiger partial charge is 0.293 e. The molecule has 1 aromatic carbocycles. The Morgan fingerprint density at radius 1 is 1.26 bits per heavy atom. The molecule has 160 valence electrons. The predicted octanol–water partition coefficient (Wildman–Crippen LogP) is 3.91. The molecule has 3 aromatic rings. The van der Waals surface area contributed by atoms with E-state index in [4.69, 9.17) is 33.4 Å². The number of aromatic nitrogens is 2. The van der Waals surface area contributed by atoms with Gasteiger partial charge in [0.15, 0.2) is 5.58 Å². The molecule has 0 bridgehead atoms. The molecule has 0 radical (unpaired) electrons. The maximum atomic E-state index is 13.3. The van der Waals surface area contributed by atoms with Crippen molar-refractivity contribution in [3.8, 4) is 0 Å². The van der Waals surface area contributed by atoms with Crippen molar-refractivity contribution < 1.29 is 9.21 Å². The number of rotatable bonds is 2. The van der Waals surface area contributed by atoms with Crippen LogP contribution in [0.5, 0.6) is 0 Å². The second-order valence-electron chi connectivity index (χ2n) is 8.88. The number of nitrogens with two attached hydrogens (primary N) is 1. The zero-order valence-electron chi connectivity index (χ0n) is 16.8. The van der Waals surface area contributed by atoms with Gasteiger partial charge in [0.1, 0.15) is 11.2 Å². The molecule has 1 amide bonds. The molecule has 9 heteroatoms. The second kappa shape index (κ2) is 6.74. The SMILES string of the molecule is Nc1nc2cncc(N3CCC4(CC4C(=O)N4CCc5cc(Cl)cc(Cl)c5C4)C3)c2o1. The quantitative estimate of drug-likeness (QED) is 0.627. The van der Waals surface area contributed by atoms with E-state index in [1.165, 1.54) is 0 Å². The number of carbonyl (C=O) groups excluding carboxylic acids is 1. The van der Waals surface area contributed by atoms with E-state index in [1.54, 1.807) is 18.5 Å². The van der Waals surface area contributed by atoms with E-state index >= 15 is 0 Å². The number of anilines is 2. The van der Waals surface area contributed by atoms with Gasteiger partial charge in [0.05, 0.1) is 12.4 Å². The highest BCUT2D eigenvalue weighted by Gasteiger charge is 2.61. The highest BCUT2D eigenvalue weighted by atomic mass is 35.5. The lowest BCUT2D eigenvalue weighted by Crippen LogP contribution is -2.38. The topological polar surface area (TPSA) is 88.5 Å². The first kappa shape index (κ1) is 19.2. The Balaban J connectivity index is 1.19. The summed E-state index contributed by atoms with van der Waals surface area (Å²) in [6.45, 7) is 2.93. The van der Waals surface area contributed by atoms with Crippen LogP contribution in [-0.4, -0.2) is 40.4 Å². The molecule has 1 aliphatic carbocycles. The monoisotopic (exact) mass is 457 g/mol.